The summed E-state index contributed by atoms with van der Waals surface area (Å²) in [5.41, 5.74) is 16.4. The molecule has 0 unspecified atom stereocenters. The normalized spacial score (nSPS) is 11.5. The number of benzene rings is 10. The molecule has 2 aromatic heterocycles. The van der Waals surface area contributed by atoms with Crippen LogP contribution in [0.15, 0.2) is 243 Å². The first kappa shape index (κ1) is 36.8. The lowest BCUT2D eigenvalue weighted by molar-refractivity contribution is 1.18. The summed E-state index contributed by atoms with van der Waals surface area (Å²) < 4.78 is 5.11. The van der Waals surface area contributed by atoms with Gasteiger partial charge in [0.2, 0.25) is 0 Å². The highest BCUT2D eigenvalue weighted by molar-refractivity contribution is 7.26. The monoisotopic (exact) mass is 820 g/mol. The molecule has 0 bridgehead atoms. The third-order valence-corrected chi connectivity index (χ3v) is 13.6. The van der Waals surface area contributed by atoms with Gasteiger partial charge in [-0.25, -0.2) is 0 Å². The fourth-order valence-corrected chi connectivity index (χ4v) is 10.7. The second-order valence-electron chi connectivity index (χ2n) is 16.1. The van der Waals surface area contributed by atoms with Gasteiger partial charge >= 0.3 is 0 Å². The molecule has 63 heavy (non-hydrogen) atoms. The zero-order valence-electron chi connectivity index (χ0n) is 34.4. The summed E-state index contributed by atoms with van der Waals surface area (Å²) >= 11 is 1.88. The van der Waals surface area contributed by atoms with Crippen molar-refractivity contribution >= 4 is 70.4 Å². The second kappa shape index (κ2) is 15.5. The lowest BCUT2D eigenvalue weighted by atomic mass is 9.94. The van der Waals surface area contributed by atoms with Crippen LogP contribution in [-0.2, 0) is 0 Å². The minimum Gasteiger partial charge on any atom is -0.310 e. The number of fused-ring (bicyclic) bond motifs is 6. The number of rotatable bonds is 8. The Labute approximate surface area is 370 Å². The number of thiophene rings is 1. The molecule has 12 aromatic rings. The summed E-state index contributed by atoms with van der Waals surface area (Å²) in [4.78, 5) is 2.41. The molecule has 10 aromatic carbocycles. The van der Waals surface area contributed by atoms with Crippen LogP contribution in [0.25, 0.3) is 92.2 Å². The van der Waals surface area contributed by atoms with Gasteiger partial charge in [-0.2, -0.15) is 0 Å². The molecule has 0 N–H and O–H groups in total. The van der Waals surface area contributed by atoms with E-state index in [0.717, 1.165) is 33.8 Å². The second-order valence-corrected chi connectivity index (χ2v) is 17.1. The zero-order valence-corrected chi connectivity index (χ0v) is 35.2. The van der Waals surface area contributed by atoms with Gasteiger partial charge in [-0.3, -0.25) is 0 Å². The molecule has 0 atom stereocenters. The Morgan fingerprint density at radius 2 is 0.841 bits per heavy atom. The Kier molecular flexibility index (Phi) is 9.06. The van der Waals surface area contributed by atoms with Crippen LogP contribution in [0.3, 0.4) is 0 Å². The number of aromatic nitrogens is 1. The van der Waals surface area contributed by atoms with Crippen molar-refractivity contribution in [2.24, 2.45) is 0 Å². The van der Waals surface area contributed by atoms with Crippen molar-refractivity contribution < 1.29 is 0 Å². The third-order valence-electron chi connectivity index (χ3n) is 12.4. The summed E-state index contributed by atoms with van der Waals surface area (Å²) in [7, 11) is 0. The first-order valence-electron chi connectivity index (χ1n) is 21.5. The van der Waals surface area contributed by atoms with Gasteiger partial charge in [0.1, 0.15) is 0 Å². The first-order valence-corrected chi connectivity index (χ1v) is 22.3. The fourth-order valence-electron chi connectivity index (χ4n) is 9.51. The van der Waals surface area contributed by atoms with Gasteiger partial charge in [0.15, 0.2) is 0 Å². The number of nitrogens with zero attached hydrogens (tertiary/aromatic N) is 2. The van der Waals surface area contributed by atoms with Gasteiger partial charge in [0.25, 0.3) is 0 Å². The highest BCUT2D eigenvalue weighted by Crippen LogP contribution is 2.45. The van der Waals surface area contributed by atoms with Crippen LogP contribution < -0.4 is 4.90 Å². The van der Waals surface area contributed by atoms with Crippen LogP contribution in [-0.4, -0.2) is 4.57 Å². The summed E-state index contributed by atoms with van der Waals surface area (Å²) in [5.74, 6) is 0. The molecule has 2 nitrogen and oxygen atoms in total. The predicted molar refractivity (Wildman–Crippen MR) is 270 cm³/mol. The lowest BCUT2D eigenvalue weighted by Crippen LogP contribution is -2.10. The Morgan fingerprint density at radius 1 is 0.302 bits per heavy atom. The quantitative estimate of drug-likeness (QED) is 0.148. The molecule has 12 rings (SSSR count). The van der Waals surface area contributed by atoms with Crippen molar-refractivity contribution in [1.82, 2.24) is 4.57 Å². The van der Waals surface area contributed by atoms with E-state index in [4.69, 9.17) is 0 Å². The maximum atomic E-state index is 2.48. The van der Waals surface area contributed by atoms with E-state index in [1.807, 2.05) is 11.3 Å². The third kappa shape index (κ3) is 6.41. The average Bonchev–Trinajstić information content (AvgIpc) is 3.91. The largest absolute Gasteiger partial charge is 0.310 e. The topological polar surface area (TPSA) is 8.17 Å². The van der Waals surface area contributed by atoms with Crippen molar-refractivity contribution in [2.45, 2.75) is 0 Å². The standard InChI is InChI=1S/C60H40N2S/c1-3-17-41(18-4-1)42-33-35-45(36-34-42)61(46-22-15-21-44(39-46)49-24-8-7-23-48(49)43-19-5-2-6-20-43)47-37-38-52-50-25-9-12-30-56(50)62(58(52)40-47)57-31-13-10-26-51(57)54-28-16-29-55-53-27-11-14-32-59(53)63-60(54)55/h1-40H. The Balaban J connectivity index is 1.07. The van der Waals surface area contributed by atoms with E-state index in [-0.39, 0.29) is 0 Å². The molecule has 2 heterocycles. The molecule has 0 aliphatic rings. The maximum Gasteiger partial charge on any atom is 0.0562 e. The van der Waals surface area contributed by atoms with Crippen molar-refractivity contribution in [3.05, 3.63) is 243 Å². The van der Waals surface area contributed by atoms with Crippen molar-refractivity contribution in [3.63, 3.8) is 0 Å². The van der Waals surface area contributed by atoms with Gasteiger partial charge in [-0.1, -0.05) is 188 Å². The predicted octanol–water partition coefficient (Wildman–Crippen LogP) is 17.3. The van der Waals surface area contributed by atoms with Gasteiger partial charge in [0.05, 0.1) is 16.7 Å². The number of hydrogen-bond acceptors (Lipinski definition) is 2. The van der Waals surface area contributed by atoms with E-state index in [0.29, 0.717) is 0 Å². The van der Waals surface area contributed by atoms with Crippen LogP contribution in [0.4, 0.5) is 17.1 Å². The molecule has 0 saturated heterocycles. The number of anilines is 3. The Bertz CT molecular complexity index is 3620. The van der Waals surface area contributed by atoms with Crippen molar-refractivity contribution in [1.29, 1.82) is 0 Å². The first-order chi connectivity index (χ1) is 31.3. The summed E-state index contributed by atoms with van der Waals surface area (Å²) in [6.45, 7) is 0. The molecule has 0 aliphatic carbocycles. The molecule has 0 radical (unpaired) electrons. The molecular weight excluding hydrogens is 781 g/mol. The summed E-state index contributed by atoms with van der Waals surface area (Å²) in [6, 6.07) is 88.4. The molecule has 3 heteroatoms. The van der Waals surface area contributed by atoms with Crippen LogP contribution >= 0.6 is 11.3 Å². The smallest absolute Gasteiger partial charge is 0.0562 e. The van der Waals surface area contributed by atoms with E-state index < -0.39 is 0 Å². The Morgan fingerprint density at radius 3 is 1.65 bits per heavy atom. The number of para-hydroxylation sites is 2. The minimum absolute atomic E-state index is 1.08. The Hall–Kier alpha value is -7.98. The summed E-state index contributed by atoms with van der Waals surface area (Å²) in [5, 5.41) is 5.05. The molecule has 0 aliphatic heterocycles. The van der Waals surface area contributed by atoms with Crippen LogP contribution in [0.2, 0.25) is 0 Å². The highest BCUT2D eigenvalue weighted by Gasteiger charge is 2.21. The van der Waals surface area contributed by atoms with Gasteiger partial charge in [-0.05, 0) is 88.0 Å². The highest BCUT2D eigenvalue weighted by atomic mass is 32.1. The van der Waals surface area contributed by atoms with Gasteiger partial charge in [0, 0.05) is 59.1 Å². The molecule has 296 valence electrons. The van der Waals surface area contributed by atoms with Gasteiger partial charge < -0.3 is 9.47 Å². The zero-order chi connectivity index (χ0) is 41.7. The van der Waals surface area contributed by atoms with Crippen LogP contribution in [0.5, 0.6) is 0 Å². The summed E-state index contributed by atoms with van der Waals surface area (Å²) in [6.07, 6.45) is 0. The van der Waals surface area contributed by atoms with E-state index >= 15 is 0 Å². The average molecular weight is 821 g/mol. The van der Waals surface area contributed by atoms with E-state index in [2.05, 4.69) is 252 Å². The lowest BCUT2D eigenvalue weighted by Gasteiger charge is -2.27. The molecule has 0 saturated carbocycles. The number of hydrogen-bond donors (Lipinski definition) is 0. The van der Waals surface area contributed by atoms with E-state index in [1.54, 1.807) is 0 Å². The molecular formula is C60H40N2S. The van der Waals surface area contributed by atoms with E-state index in [9.17, 15) is 0 Å². The van der Waals surface area contributed by atoms with Gasteiger partial charge in [-0.15, -0.1) is 11.3 Å². The maximum absolute atomic E-state index is 2.48. The van der Waals surface area contributed by atoms with Crippen molar-refractivity contribution in [2.75, 3.05) is 4.90 Å². The minimum atomic E-state index is 1.08. The fraction of sp³-hybridized carbons (Fsp3) is 0. The molecule has 0 spiro atoms. The van der Waals surface area contributed by atoms with Crippen molar-refractivity contribution in [3.8, 4) is 50.2 Å². The van der Waals surface area contributed by atoms with Crippen LogP contribution in [0, 0.1) is 0 Å². The molecule has 0 amide bonds. The van der Waals surface area contributed by atoms with E-state index in [1.165, 1.54) is 75.4 Å². The molecule has 0 fully saturated rings. The van der Waals surface area contributed by atoms with Crippen LogP contribution in [0.1, 0.15) is 0 Å². The SMILES string of the molecule is c1ccc(-c2ccc(N(c3cccc(-c4ccccc4-c4ccccc4)c3)c3ccc4c5ccccc5n(-c5ccccc5-c5cccc6c5sc5ccccc56)c4c3)cc2)cc1.